The van der Waals surface area contributed by atoms with E-state index in [1.807, 2.05) is 47.9 Å². The molecule has 1 fully saturated rings. The molecule has 3 heterocycles. The van der Waals surface area contributed by atoms with Crippen molar-refractivity contribution in [1.29, 1.82) is 0 Å². The van der Waals surface area contributed by atoms with E-state index >= 15 is 0 Å². The Labute approximate surface area is 172 Å². The third-order valence-electron chi connectivity index (χ3n) is 5.70. The molecule has 2 aliphatic rings. The van der Waals surface area contributed by atoms with Gasteiger partial charge in [0.25, 0.3) is 0 Å². The zero-order valence-corrected chi connectivity index (χ0v) is 17.6. The summed E-state index contributed by atoms with van der Waals surface area (Å²) in [6.45, 7) is 4.61. The number of aryl methyl sites for hydroxylation is 1. The van der Waals surface area contributed by atoms with Crippen LogP contribution in [0.25, 0.3) is 0 Å². The molecule has 0 aliphatic carbocycles. The summed E-state index contributed by atoms with van der Waals surface area (Å²) in [6, 6.07) is 11.2. The number of likely N-dealkylation sites (tertiary alicyclic amines) is 1. The van der Waals surface area contributed by atoms with Crippen LogP contribution in [0.4, 0.5) is 11.5 Å². The van der Waals surface area contributed by atoms with Gasteiger partial charge in [-0.25, -0.2) is 13.4 Å². The molecule has 1 amide bonds. The van der Waals surface area contributed by atoms with Crippen LogP contribution in [-0.4, -0.2) is 54.3 Å². The second-order valence-electron chi connectivity index (χ2n) is 7.78. The molecule has 2 aliphatic heterocycles. The van der Waals surface area contributed by atoms with Gasteiger partial charge < -0.3 is 9.80 Å². The molecule has 1 aromatic carbocycles. The SMILES string of the molecule is Cc1ccc(N2CN(CC(=O)N3CCCC[C@H]3C)S(=O)(=O)c3cccnc32)cc1. The van der Waals surface area contributed by atoms with E-state index in [2.05, 4.69) is 4.98 Å². The van der Waals surface area contributed by atoms with Gasteiger partial charge in [-0.15, -0.1) is 0 Å². The molecule has 1 atom stereocenters. The van der Waals surface area contributed by atoms with E-state index in [1.54, 1.807) is 18.3 Å². The van der Waals surface area contributed by atoms with Crippen LogP contribution in [0.2, 0.25) is 0 Å². The molecule has 2 aromatic rings. The minimum absolute atomic E-state index is 0.0589. The van der Waals surface area contributed by atoms with Crippen molar-refractivity contribution in [2.24, 2.45) is 0 Å². The molecule has 8 heteroatoms. The Morgan fingerprint density at radius 3 is 2.66 bits per heavy atom. The fraction of sp³-hybridized carbons (Fsp3) is 0.429. The van der Waals surface area contributed by atoms with Crippen molar-refractivity contribution in [3.63, 3.8) is 0 Å². The van der Waals surface area contributed by atoms with Crippen molar-refractivity contribution in [2.75, 3.05) is 24.7 Å². The first-order chi connectivity index (χ1) is 13.9. The largest absolute Gasteiger partial charge is 0.339 e. The molecule has 0 unspecified atom stereocenters. The van der Waals surface area contributed by atoms with Crippen molar-refractivity contribution in [3.05, 3.63) is 48.2 Å². The first kappa shape index (κ1) is 19.8. The summed E-state index contributed by atoms with van der Waals surface area (Å²) < 4.78 is 27.7. The van der Waals surface area contributed by atoms with Gasteiger partial charge in [-0.05, 0) is 57.4 Å². The van der Waals surface area contributed by atoms with E-state index in [0.717, 1.165) is 30.5 Å². The van der Waals surface area contributed by atoms with Crippen molar-refractivity contribution in [2.45, 2.75) is 44.0 Å². The number of anilines is 2. The Morgan fingerprint density at radius 2 is 1.93 bits per heavy atom. The topological polar surface area (TPSA) is 73.8 Å². The van der Waals surface area contributed by atoms with Crippen LogP contribution in [0, 0.1) is 6.92 Å². The zero-order chi connectivity index (χ0) is 20.6. The minimum Gasteiger partial charge on any atom is -0.339 e. The fourth-order valence-corrected chi connectivity index (χ4v) is 5.47. The molecule has 1 aromatic heterocycles. The predicted octanol–water partition coefficient (Wildman–Crippen LogP) is 2.89. The normalized spacial score (nSPS) is 21.7. The number of sulfonamides is 1. The molecule has 1 saturated heterocycles. The Kier molecular flexibility index (Phi) is 5.31. The van der Waals surface area contributed by atoms with Gasteiger partial charge in [0.1, 0.15) is 4.90 Å². The molecule has 29 heavy (non-hydrogen) atoms. The third kappa shape index (κ3) is 3.74. The molecular weight excluding hydrogens is 388 g/mol. The van der Waals surface area contributed by atoms with E-state index in [-0.39, 0.29) is 30.1 Å². The van der Waals surface area contributed by atoms with Crippen LogP contribution >= 0.6 is 0 Å². The molecule has 0 saturated carbocycles. The summed E-state index contributed by atoms with van der Waals surface area (Å²) in [4.78, 5) is 21.1. The highest BCUT2D eigenvalue weighted by Crippen LogP contribution is 2.36. The maximum Gasteiger partial charge on any atom is 0.248 e. The number of pyridine rings is 1. The Hall–Kier alpha value is -2.45. The Bertz CT molecular complexity index is 1010. The van der Waals surface area contributed by atoms with Gasteiger partial charge in [0, 0.05) is 24.5 Å². The van der Waals surface area contributed by atoms with Gasteiger partial charge in [-0.2, -0.15) is 4.31 Å². The molecule has 0 radical (unpaired) electrons. The summed E-state index contributed by atoms with van der Waals surface area (Å²) in [6.07, 6.45) is 4.62. The maximum absolute atomic E-state index is 13.2. The van der Waals surface area contributed by atoms with Crippen molar-refractivity contribution in [3.8, 4) is 0 Å². The highest BCUT2D eigenvalue weighted by Gasteiger charge is 2.39. The van der Waals surface area contributed by atoms with Gasteiger partial charge in [-0.1, -0.05) is 17.7 Å². The fourth-order valence-electron chi connectivity index (χ4n) is 4.00. The molecule has 0 N–H and O–H groups in total. The number of carbonyl (C=O) groups excluding carboxylic acids is 1. The smallest absolute Gasteiger partial charge is 0.248 e. The van der Waals surface area contributed by atoms with Crippen molar-refractivity contribution < 1.29 is 13.2 Å². The number of hydrogen-bond donors (Lipinski definition) is 0. The number of fused-ring (bicyclic) bond motifs is 1. The van der Waals surface area contributed by atoms with E-state index in [4.69, 9.17) is 0 Å². The highest BCUT2D eigenvalue weighted by atomic mass is 32.2. The summed E-state index contributed by atoms with van der Waals surface area (Å²) in [5.74, 6) is 0.253. The number of benzene rings is 1. The molecule has 154 valence electrons. The van der Waals surface area contributed by atoms with Crippen LogP contribution < -0.4 is 4.90 Å². The number of rotatable bonds is 3. The second kappa shape index (κ2) is 7.76. The predicted molar refractivity (Wildman–Crippen MR) is 111 cm³/mol. The summed E-state index contributed by atoms with van der Waals surface area (Å²) >= 11 is 0. The van der Waals surface area contributed by atoms with Crippen LogP contribution in [0.3, 0.4) is 0 Å². The molecule has 0 spiro atoms. The van der Waals surface area contributed by atoms with E-state index in [9.17, 15) is 13.2 Å². The molecule has 7 nitrogen and oxygen atoms in total. The van der Waals surface area contributed by atoms with Gasteiger partial charge in [0.15, 0.2) is 5.82 Å². The first-order valence-electron chi connectivity index (χ1n) is 9.97. The highest BCUT2D eigenvalue weighted by molar-refractivity contribution is 7.89. The Balaban J connectivity index is 1.68. The standard InChI is InChI=1S/C21H26N4O3S/c1-16-8-10-18(11-9-16)25-15-23(14-20(26)24-13-4-3-6-17(24)2)29(27,28)19-7-5-12-22-21(19)25/h5,7-12,17H,3-4,6,13-15H2,1-2H3/t17-/m1/s1. The Morgan fingerprint density at radius 1 is 1.17 bits per heavy atom. The van der Waals surface area contributed by atoms with Gasteiger partial charge in [-0.3, -0.25) is 4.79 Å². The van der Waals surface area contributed by atoms with E-state index in [0.29, 0.717) is 12.4 Å². The maximum atomic E-state index is 13.2. The summed E-state index contributed by atoms with van der Waals surface area (Å²) in [7, 11) is -3.80. The van der Waals surface area contributed by atoms with Crippen molar-refractivity contribution >= 4 is 27.4 Å². The van der Waals surface area contributed by atoms with Crippen LogP contribution in [0.5, 0.6) is 0 Å². The van der Waals surface area contributed by atoms with Crippen LogP contribution in [0.1, 0.15) is 31.7 Å². The number of nitrogens with zero attached hydrogens (tertiary/aromatic N) is 4. The number of amides is 1. The van der Waals surface area contributed by atoms with E-state index in [1.165, 1.54) is 4.31 Å². The molecule has 0 bridgehead atoms. The quantitative estimate of drug-likeness (QED) is 0.772. The van der Waals surface area contributed by atoms with Gasteiger partial charge >= 0.3 is 0 Å². The molecule has 4 rings (SSSR count). The number of hydrogen-bond acceptors (Lipinski definition) is 5. The minimum atomic E-state index is -3.80. The lowest BCUT2D eigenvalue weighted by Crippen LogP contribution is -2.52. The number of piperidine rings is 1. The zero-order valence-electron chi connectivity index (χ0n) is 16.8. The average molecular weight is 415 g/mol. The van der Waals surface area contributed by atoms with E-state index < -0.39 is 10.0 Å². The summed E-state index contributed by atoms with van der Waals surface area (Å²) in [5.41, 5.74) is 1.96. The first-order valence-corrected chi connectivity index (χ1v) is 11.4. The van der Waals surface area contributed by atoms with Gasteiger partial charge in [0.2, 0.25) is 15.9 Å². The van der Waals surface area contributed by atoms with Crippen LogP contribution in [-0.2, 0) is 14.8 Å². The average Bonchev–Trinajstić information content (AvgIpc) is 2.71. The lowest BCUT2D eigenvalue weighted by Gasteiger charge is -2.38. The van der Waals surface area contributed by atoms with Crippen LogP contribution in [0.15, 0.2) is 47.5 Å². The summed E-state index contributed by atoms with van der Waals surface area (Å²) in [5, 5.41) is 0. The number of aromatic nitrogens is 1. The third-order valence-corrected chi connectivity index (χ3v) is 7.50. The monoisotopic (exact) mass is 414 g/mol. The number of carbonyl (C=O) groups is 1. The molecular formula is C21H26N4O3S. The van der Waals surface area contributed by atoms with Gasteiger partial charge in [0.05, 0.1) is 13.2 Å². The second-order valence-corrected chi connectivity index (χ2v) is 9.68. The lowest BCUT2D eigenvalue weighted by molar-refractivity contribution is -0.134. The lowest BCUT2D eigenvalue weighted by atomic mass is 10.0. The van der Waals surface area contributed by atoms with Crippen molar-refractivity contribution in [1.82, 2.24) is 14.2 Å².